The highest BCUT2D eigenvalue weighted by molar-refractivity contribution is 7.98. The van der Waals surface area contributed by atoms with Crippen LogP contribution in [0.25, 0.3) is 10.4 Å². The SMILES string of the molecule is COc1ccc(SNC(=O)C(C)(C)Oc2cccc(N3CCCC(C(=O)N(Cc4ccc(-c5cccs5)cc4)C4CC4)C3)c2)cc1. The third-order valence-corrected chi connectivity index (χ3v) is 10.3. The van der Waals surface area contributed by atoms with Crippen LogP contribution in [0.5, 0.6) is 11.5 Å². The summed E-state index contributed by atoms with van der Waals surface area (Å²) in [6.45, 7) is 5.74. The van der Waals surface area contributed by atoms with Crippen molar-refractivity contribution in [2.45, 2.75) is 62.6 Å². The highest BCUT2D eigenvalue weighted by atomic mass is 32.2. The van der Waals surface area contributed by atoms with Gasteiger partial charge in [0.25, 0.3) is 5.91 Å². The minimum atomic E-state index is -1.09. The maximum Gasteiger partial charge on any atom is 0.273 e. The summed E-state index contributed by atoms with van der Waals surface area (Å²) >= 11 is 2.98. The molecule has 1 aromatic heterocycles. The van der Waals surface area contributed by atoms with Crippen LogP contribution in [0.3, 0.4) is 0 Å². The molecule has 3 aromatic carbocycles. The molecule has 2 heterocycles. The van der Waals surface area contributed by atoms with Gasteiger partial charge >= 0.3 is 0 Å². The van der Waals surface area contributed by atoms with Gasteiger partial charge < -0.3 is 19.3 Å². The van der Waals surface area contributed by atoms with E-state index in [0.29, 0.717) is 24.9 Å². The molecule has 7 nitrogen and oxygen atoms in total. The normalized spacial score (nSPS) is 16.5. The van der Waals surface area contributed by atoms with Gasteiger partial charge in [-0.15, -0.1) is 11.3 Å². The van der Waals surface area contributed by atoms with E-state index >= 15 is 0 Å². The van der Waals surface area contributed by atoms with Crippen LogP contribution in [0.1, 0.15) is 45.1 Å². The monoisotopic (exact) mass is 655 g/mol. The molecular weight excluding hydrogens is 615 g/mol. The molecule has 2 aliphatic rings. The lowest BCUT2D eigenvalue weighted by molar-refractivity contribution is -0.137. The molecule has 1 N–H and O–H groups in total. The van der Waals surface area contributed by atoms with E-state index in [2.05, 4.69) is 62.4 Å². The Morgan fingerprint density at radius 3 is 2.46 bits per heavy atom. The van der Waals surface area contributed by atoms with Crippen LogP contribution in [0.2, 0.25) is 0 Å². The Kier molecular flexibility index (Phi) is 9.89. The van der Waals surface area contributed by atoms with Crippen LogP contribution in [-0.4, -0.2) is 48.6 Å². The zero-order valence-corrected chi connectivity index (χ0v) is 28.2. The number of hydrogen-bond acceptors (Lipinski definition) is 7. The first kappa shape index (κ1) is 32.0. The highest BCUT2D eigenvalue weighted by Crippen LogP contribution is 2.34. The fourth-order valence-electron chi connectivity index (χ4n) is 5.79. The fourth-order valence-corrected chi connectivity index (χ4v) is 7.25. The van der Waals surface area contributed by atoms with Crippen molar-refractivity contribution in [1.29, 1.82) is 0 Å². The van der Waals surface area contributed by atoms with Crippen LogP contribution in [0, 0.1) is 5.92 Å². The van der Waals surface area contributed by atoms with Crippen molar-refractivity contribution in [2.24, 2.45) is 5.92 Å². The van der Waals surface area contributed by atoms with Crippen LogP contribution in [0.15, 0.2) is 95.2 Å². The Morgan fingerprint density at radius 1 is 0.978 bits per heavy atom. The summed E-state index contributed by atoms with van der Waals surface area (Å²) in [5.41, 5.74) is 2.30. The second-order valence-corrected chi connectivity index (χ2v) is 14.3. The van der Waals surface area contributed by atoms with E-state index in [0.717, 1.165) is 48.6 Å². The van der Waals surface area contributed by atoms with E-state index in [9.17, 15) is 9.59 Å². The molecule has 0 radical (unpaired) electrons. The number of nitrogens with one attached hydrogen (secondary N) is 1. The number of benzene rings is 3. The molecule has 1 saturated heterocycles. The highest BCUT2D eigenvalue weighted by Gasteiger charge is 2.37. The molecule has 6 rings (SSSR count). The van der Waals surface area contributed by atoms with Crippen LogP contribution in [-0.2, 0) is 16.1 Å². The zero-order valence-electron chi connectivity index (χ0n) is 26.6. The van der Waals surface area contributed by atoms with Gasteiger partial charge in [-0.2, -0.15) is 0 Å². The van der Waals surface area contributed by atoms with Crippen molar-refractivity contribution in [1.82, 2.24) is 9.62 Å². The number of carbonyl (C=O) groups is 2. The molecule has 2 fully saturated rings. The van der Waals surface area contributed by atoms with Crippen molar-refractivity contribution in [3.05, 3.63) is 95.9 Å². The van der Waals surface area contributed by atoms with E-state index in [-0.39, 0.29) is 17.7 Å². The smallest absolute Gasteiger partial charge is 0.273 e. The van der Waals surface area contributed by atoms with Crippen molar-refractivity contribution in [3.8, 4) is 21.9 Å². The maximum absolute atomic E-state index is 14.0. The molecule has 1 aliphatic carbocycles. The molecule has 1 atom stereocenters. The average molecular weight is 656 g/mol. The first-order valence-corrected chi connectivity index (χ1v) is 17.6. The number of rotatable bonds is 12. The number of hydrogen-bond donors (Lipinski definition) is 1. The summed E-state index contributed by atoms with van der Waals surface area (Å²) in [5.74, 6) is 1.35. The standard InChI is InChI=1S/C37H41N3O4S2/c1-37(2,36(42)38-46-33-19-17-31(43-3)18-20-33)44-32-9-4-8-30(23-32)39-21-5-7-28(25-39)35(41)40(29-15-16-29)24-26-11-13-27(14-12-26)34-10-6-22-45-34/h4,6,8-14,17-20,22-23,28-29H,5,7,15-16,21,24-25H2,1-3H3,(H,38,42). The minimum Gasteiger partial charge on any atom is -0.497 e. The Labute approximate surface area is 280 Å². The summed E-state index contributed by atoms with van der Waals surface area (Å²) in [6.07, 6.45) is 4.00. The molecule has 1 unspecified atom stereocenters. The summed E-state index contributed by atoms with van der Waals surface area (Å²) < 4.78 is 14.3. The molecular formula is C37H41N3O4S2. The maximum atomic E-state index is 14.0. The van der Waals surface area contributed by atoms with Gasteiger partial charge in [-0.05, 0) is 110 Å². The number of ether oxygens (including phenoxy) is 2. The molecule has 4 aromatic rings. The molecule has 1 saturated carbocycles. The second-order valence-electron chi connectivity index (χ2n) is 12.5. The van der Waals surface area contributed by atoms with Gasteiger partial charge in [0.1, 0.15) is 11.5 Å². The molecule has 240 valence electrons. The predicted molar refractivity (Wildman–Crippen MR) is 186 cm³/mol. The minimum absolute atomic E-state index is 0.0542. The molecule has 2 amide bonds. The van der Waals surface area contributed by atoms with Gasteiger partial charge in [0, 0.05) is 47.2 Å². The Morgan fingerprint density at radius 2 is 1.76 bits per heavy atom. The number of thiophene rings is 1. The first-order valence-electron chi connectivity index (χ1n) is 15.9. The van der Waals surface area contributed by atoms with Gasteiger partial charge in [-0.25, -0.2) is 0 Å². The predicted octanol–water partition coefficient (Wildman–Crippen LogP) is 7.81. The third kappa shape index (κ3) is 7.88. The summed E-state index contributed by atoms with van der Waals surface area (Å²) in [5, 5.41) is 2.10. The Balaban J connectivity index is 1.06. The van der Waals surface area contributed by atoms with Crippen molar-refractivity contribution >= 4 is 40.8 Å². The van der Waals surface area contributed by atoms with Gasteiger partial charge in [0.2, 0.25) is 5.91 Å². The number of nitrogens with zero attached hydrogens (tertiary/aromatic N) is 2. The number of piperidine rings is 1. The van der Waals surface area contributed by atoms with E-state index in [4.69, 9.17) is 9.47 Å². The number of amides is 2. The third-order valence-electron chi connectivity index (χ3n) is 8.58. The summed E-state index contributed by atoms with van der Waals surface area (Å²) in [7, 11) is 1.62. The summed E-state index contributed by atoms with van der Waals surface area (Å²) in [6, 6.07) is 28.6. The number of anilines is 1. The van der Waals surface area contributed by atoms with Crippen LogP contribution >= 0.6 is 23.3 Å². The molecule has 1 aliphatic heterocycles. The van der Waals surface area contributed by atoms with Gasteiger partial charge in [0.15, 0.2) is 5.60 Å². The molecule has 9 heteroatoms. The lowest BCUT2D eigenvalue weighted by atomic mass is 9.95. The fraction of sp³-hybridized carbons (Fsp3) is 0.351. The molecule has 46 heavy (non-hydrogen) atoms. The van der Waals surface area contributed by atoms with Gasteiger partial charge in [0.05, 0.1) is 13.0 Å². The van der Waals surface area contributed by atoms with Crippen molar-refractivity contribution in [3.63, 3.8) is 0 Å². The molecule has 0 spiro atoms. The topological polar surface area (TPSA) is 71.1 Å². The zero-order chi connectivity index (χ0) is 32.1. The number of carbonyl (C=O) groups excluding carboxylic acids is 2. The van der Waals surface area contributed by atoms with Crippen molar-refractivity contribution < 1.29 is 19.1 Å². The van der Waals surface area contributed by atoms with E-state index in [1.807, 2.05) is 42.5 Å². The lowest BCUT2D eigenvalue weighted by Crippen LogP contribution is -2.45. The largest absolute Gasteiger partial charge is 0.497 e. The van der Waals surface area contributed by atoms with E-state index < -0.39 is 5.60 Å². The first-order chi connectivity index (χ1) is 22.3. The second kappa shape index (κ2) is 14.2. The Bertz CT molecular complexity index is 1620. The van der Waals surface area contributed by atoms with E-state index in [1.165, 1.54) is 28.0 Å². The Hall–Kier alpha value is -3.95. The van der Waals surface area contributed by atoms with Crippen LogP contribution in [0.4, 0.5) is 5.69 Å². The summed E-state index contributed by atoms with van der Waals surface area (Å²) in [4.78, 5) is 33.6. The number of methoxy groups -OCH3 is 1. The average Bonchev–Trinajstić information content (AvgIpc) is 3.78. The van der Waals surface area contributed by atoms with Gasteiger partial charge in [-0.1, -0.05) is 36.4 Å². The van der Waals surface area contributed by atoms with Crippen LogP contribution < -0.4 is 19.1 Å². The molecule has 0 bridgehead atoms. The van der Waals surface area contributed by atoms with Gasteiger partial charge in [-0.3, -0.25) is 14.3 Å². The van der Waals surface area contributed by atoms with Crippen molar-refractivity contribution in [2.75, 3.05) is 25.1 Å². The van der Waals surface area contributed by atoms with E-state index in [1.54, 1.807) is 32.3 Å². The quantitative estimate of drug-likeness (QED) is 0.157. The lowest BCUT2D eigenvalue weighted by Gasteiger charge is -2.36.